The lowest BCUT2D eigenvalue weighted by molar-refractivity contribution is 0.937. The van der Waals surface area contributed by atoms with E-state index in [4.69, 9.17) is 0 Å². The molecule has 0 amide bonds. The molecule has 1 aliphatic rings. The van der Waals surface area contributed by atoms with Gasteiger partial charge in [0.1, 0.15) is 5.82 Å². The maximum atomic E-state index is 4.57. The van der Waals surface area contributed by atoms with E-state index in [1.54, 1.807) is 0 Å². The highest BCUT2D eigenvalue weighted by Gasteiger charge is 2.12. The molecule has 1 aromatic heterocycles. The third kappa shape index (κ3) is 3.35. The van der Waals surface area contributed by atoms with Crippen LogP contribution in [0.2, 0.25) is 0 Å². The average molecular weight is 281 g/mol. The first kappa shape index (κ1) is 13.9. The zero-order valence-corrected chi connectivity index (χ0v) is 12.9. The van der Waals surface area contributed by atoms with Gasteiger partial charge in [0, 0.05) is 19.6 Å². The first-order valence-corrected chi connectivity index (χ1v) is 7.73. The lowest BCUT2D eigenvalue weighted by Gasteiger charge is -2.16. The van der Waals surface area contributed by atoms with Crippen molar-refractivity contribution in [1.29, 1.82) is 0 Å². The van der Waals surface area contributed by atoms with Gasteiger partial charge in [0.15, 0.2) is 0 Å². The molecular weight excluding hydrogens is 258 g/mol. The minimum atomic E-state index is 0.839. The molecule has 1 saturated heterocycles. The van der Waals surface area contributed by atoms with E-state index in [9.17, 15) is 0 Å². The molecule has 110 valence electrons. The molecule has 1 fully saturated rings. The highest BCUT2D eigenvalue weighted by molar-refractivity contribution is 5.49. The highest BCUT2D eigenvalue weighted by atomic mass is 15.2. The summed E-state index contributed by atoms with van der Waals surface area (Å²) in [5, 5.41) is 3.44. The summed E-state index contributed by atoms with van der Waals surface area (Å²) in [4.78, 5) is 6.92. The maximum Gasteiger partial charge on any atom is 0.128 e. The van der Waals surface area contributed by atoms with E-state index in [1.807, 2.05) is 6.20 Å². The van der Waals surface area contributed by atoms with Gasteiger partial charge in [-0.15, -0.1) is 0 Å². The summed E-state index contributed by atoms with van der Waals surface area (Å²) in [5.74, 6) is 1.10. The minimum absolute atomic E-state index is 0.839. The Labute approximate surface area is 127 Å². The molecule has 2 aromatic rings. The summed E-state index contributed by atoms with van der Waals surface area (Å²) < 4.78 is 0. The molecule has 1 aliphatic heterocycles. The van der Waals surface area contributed by atoms with Crippen molar-refractivity contribution in [3.05, 3.63) is 53.2 Å². The monoisotopic (exact) mass is 281 g/mol. The standard InChI is InChI=1S/C18H23N3/c1-14-5-6-16(11-15(14)2)12-19-17-7-8-18(20-13-17)21-9-3-4-10-21/h5-8,11,13,19H,3-4,9-10,12H2,1-2H3. The van der Waals surface area contributed by atoms with Crippen molar-refractivity contribution in [2.24, 2.45) is 0 Å². The summed E-state index contributed by atoms with van der Waals surface area (Å²) in [5.41, 5.74) is 5.07. The van der Waals surface area contributed by atoms with Crippen LogP contribution in [0, 0.1) is 13.8 Å². The smallest absolute Gasteiger partial charge is 0.128 e. The van der Waals surface area contributed by atoms with E-state index in [0.29, 0.717) is 0 Å². The molecule has 0 aliphatic carbocycles. The van der Waals surface area contributed by atoms with E-state index < -0.39 is 0 Å². The molecule has 21 heavy (non-hydrogen) atoms. The van der Waals surface area contributed by atoms with Crippen LogP contribution >= 0.6 is 0 Å². The van der Waals surface area contributed by atoms with Crippen LogP contribution in [-0.4, -0.2) is 18.1 Å². The number of benzene rings is 1. The SMILES string of the molecule is Cc1ccc(CNc2ccc(N3CCCC3)nc2)cc1C. The van der Waals surface area contributed by atoms with Crippen molar-refractivity contribution in [3.63, 3.8) is 0 Å². The second-order valence-corrected chi connectivity index (χ2v) is 5.87. The molecule has 1 aromatic carbocycles. The van der Waals surface area contributed by atoms with Gasteiger partial charge in [-0.1, -0.05) is 18.2 Å². The molecule has 0 bridgehead atoms. The van der Waals surface area contributed by atoms with E-state index in [1.165, 1.54) is 29.5 Å². The summed E-state index contributed by atoms with van der Waals surface area (Å²) >= 11 is 0. The van der Waals surface area contributed by atoms with E-state index in [0.717, 1.165) is 31.1 Å². The van der Waals surface area contributed by atoms with E-state index in [2.05, 4.69) is 59.4 Å². The van der Waals surface area contributed by atoms with Crippen molar-refractivity contribution in [3.8, 4) is 0 Å². The van der Waals surface area contributed by atoms with Gasteiger partial charge >= 0.3 is 0 Å². The molecule has 3 rings (SSSR count). The van der Waals surface area contributed by atoms with Crippen molar-refractivity contribution in [1.82, 2.24) is 4.98 Å². The van der Waals surface area contributed by atoms with E-state index >= 15 is 0 Å². The number of hydrogen-bond acceptors (Lipinski definition) is 3. The zero-order valence-electron chi connectivity index (χ0n) is 12.9. The zero-order chi connectivity index (χ0) is 14.7. The Kier molecular flexibility index (Phi) is 4.09. The number of nitrogens with zero attached hydrogens (tertiary/aromatic N) is 2. The Bertz CT molecular complexity index is 598. The number of nitrogens with one attached hydrogen (secondary N) is 1. The number of pyridine rings is 1. The van der Waals surface area contributed by atoms with Crippen LogP contribution in [0.4, 0.5) is 11.5 Å². The fourth-order valence-electron chi connectivity index (χ4n) is 2.74. The average Bonchev–Trinajstić information content (AvgIpc) is 3.03. The number of rotatable bonds is 4. The first-order chi connectivity index (χ1) is 10.2. The third-order valence-corrected chi connectivity index (χ3v) is 4.25. The largest absolute Gasteiger partial charge is 0.380 e. The van der Waals surface area contributed by atoms with Gasteiger partial charge < -0.3 is 10.2 Å². The Balaban J connectivity index is 1.61. The Morgan fingerprint density at radius 2 is 1.86 bits per heavy atom. The van der Waals surface area contributed by atoms with Gasteiger partial charge in [-0.2, -0.15) is 0 Å². The molecule has 3 heteroatoms. The fraction of sp³-hybridized carbons (Fsp3) is 0.389. The van der Waals surface area contributed by atoms with Crippen LogP contribution in [-0.2, 0) is 6.54 Å². The lowest BCUT2D eigenvalue weighted by Crippen LogP contribution is -2.18. The highest BCUT2D eigenvalue weighted by Crippen LogP contribution is 2.19. The maximum absolute atomic E-state index is 4.57. The lowest BCUT2D eigenvalue weighted by atomic mass is 10.1. The first-order valence-electron chi connectivity index (χ1n) is 7.73. The summed E-state index contributed by atoms with van der Waals surface area (Å²) in [6, 6.07) is 10.9. The van der Waals surface area contributed by atoms with Crippen LogP contribution < -0.4 is 10.2 Å². The van der Waals surface area contributed by atoms with Crippen LogP contribution in [0.5, 0.6) is 0 Å². The van der Waals surface area contributed by atoms with Gasteiger partial charge in [-0.25, -0.2) is 4.98 Å². The van der Waals surface area contributed by atoms with Crippen LogP contribution in [0.25, 0.3) is 0 Å². The van der Waals surface area contributed by atoms with Crippen molar-refractivity contribution in [2.45, 2.75) is 33.2 Å². The molecule has 2 heterocycles. The number of aromatic nitrogens is 1. The van der Waals surface area contributed by atoms with Crippen molar-refractivity contribution >= 4 is 11.5 Å². The Morgan fingerprint density at radius 1 is 1.05 bits per heavy atom. The van der Waals surface area contributed by atoms with Crippen molar-refractivity contribution in [2.75, 3.05) is 23.3 Å². The molecule has 0 radical (unpaired) electrons. The number of hydrogen-bond donors (Lipinski definition) is 1. The van der Waals surface area contributed by atoms with Gasteiger partial charge in [-0.05, 0) is 55.5 Å². The summed E-state index contributed by atoms with van der Waals surface area (Å²) in [6.07, 6.45) is 4.51. The third-order valence-electron chi connectivity index (χ3n) is 4.25. The second-order valence-electron chi connectivity index (χ2n) is 5.87. The second kappa shape index (κ2) is 6.17. The fourth-order valence-corrected chi connectivity index (χ4v) is 2.74. The normalized spacial score (nSPS) is 14.5. The molecule has 0 atom stereocenters. The Morgan fingerprint density at radius 3 is 2.52 bits per heavy atom. The predicted molar refractivity (Wildman–Crippen MR) is 88.9 cm³/mol. The van der Waals surface area contributed by atoms with Crippen LogP contribution in [0.1, 0.15) is 29.5 Å². The van der Waals surface area contributed by atoms with Gasteiger partial charge in [0.05, 0.1) is 11.9 Å². The molecule has 1 N–H and O–H groups in total. The van der Waals surface area contributed by atoms with Crippen molar-refractivity contribution < 1.29 is 0 Å². The quantitative estimate of drug-likeness (QED) is 0.921. The molecule has 3 nitrogen and oxygen atoms in total. The van der Waals surface area contributed by atoms with E-state index in [-0.39, 0.29) is 0 Å². The molecular formula is C18H23N3. The topological polar surface area (TPSA) is 28.2 Å². The predicted octanol–water partition coefficient (Wildman–Crippen LogP) is 3.91. The van der Waals surface area contributed by atoms with Gasteiger partial charge in [0.25, 0.3) is 0 Å². The molecule has 0 spiro atoms. The van der Waals surface area contributed by atoms with Crippen LogP contribution in [0.15, 0.2) is 36.5 Å². The number of aryl methyl sites for hydroxylation is 2. The molecule has 0 unspecified atom stereocenters. The summed E-state index contributed by atoms with van der Waals surface area (Å²) in [6.45, 7) is 7.43. The Hall–Kier alpha value is -2.03. The minimum Gasteiger partial charge on any atom is -0.380 e. The molecule has 0 saturated carbocycles. The van der Waals surface area contributed by atoms with Crippen LogP contribution in [0.3, 0.4) is 0 Å². The summed E-state index contributed by atoms with van der Waals surface area (Å²) in [7, 11) is 0. The van der Waals surface area contributed by atoms with Gasteiger partial charge in [0.2, 0.25) is 0 Å². The van der Waals surface area contributed by atoms with Gasteiger partial charge in [-0.3, -0.25) is 0 Å². The number of anilines is 2.